The van der Waals surface area contributed by atoms with E-state index in [-0.39, 0.29) is 5.69 Å². The van der Waals surface area contributed by atoms with Crippen LogP contribution >= 0.6 is 11.3 Å². The highest BCUT2D eigenvalue weighted by molar-refractivity contribution is 7.16. The minimum Gasteiger partial charge on any atom is -0.388 e. The van der Waals surface area contributed by atoms with Gasteiger partial charge >= 0.3 is 5.69 Å². The molecule has 0 amide bonds. The summed E-state index contributed by atoms with van der Waals surface area (Å²) in [6.45, 7) is 2.72. The molecule has 1 aliphatic carbocycles. The minimum atomic E-state index is -0.703. The van der Waals surface area contributed by atoms with E-state index in [0.717, 1.165) is 19.4 Å². The maximum absolute atomic E-state index is 11.1. The van der Waals surface area contributed by atoms with Gasteiger partial charge in [0.1, 0.15) is 0 Å². The van der Waals surface area contributed by atoms with Crippen LogP contribution in [0.5, 0.6) is 0 Å². The molecule has 0 bridgehead atoms. The number of nitro groups is 1. The number of nitrogens with zero attached hydrogens (tertiary/aromatic N) is 2. The third kappa shape index (κ3) is 3.25. The maximum atomic E-state index is 11.1. The number of aliphatic hydroxyl groups excluding tert-OH is 1. The molecule has 1 fully saturated rings. The van der Waals surface area contributed by atoms with Gasteiger partial charge in [0.25, 0.3) is 0 Å². The van der Waals surface area contributed by atoms with Gasteiger partial charge in [0.2, 0.25) is 0 Å². The summed E-state index contributed by atoms with van der Waals surface area (Å²) in [6.07, 6.45) is 6.96. The van der Waals surface area contributed by atoms with Crippen LogP contribution in [0.3, 0.4) is 0 Å². The Morgan fingerprint density at radius 3 is 2.89 bits per heavy atom. The van der Waals surface area contributed by atoms with Crippen molar-refractivity contribution in [2.45, 2.75) is 25.9 Å². The van der Waals surface area contributed by atoms with E-state index in [4.69, 9.17) is 6.42 Å². The lowest BCUT2D eigenvalue weighted by Crippen LogP contribution is -2.25. The van der Waals surface area contributed by atoms with Gasteiger partial charge in [0.05, 0.1) is 17.6 Å². The van der Waals surface area contributed by atoms with Crippen LogP contribution in [0.25, 0.3) is 0 Å². The molecule has 0 radical (unpaired) electrons. The van der Waals surface area contributed by atoms with Crippen LogP contribution in [0.2, 0.25) is 0 Å². The first kappa shape index (κ1) is 13.8. The highest BCUT2D eigenvalue weighted by Gasteiger charge is 2.30. The number of rotatable bonds is 6. The molecule has 1 aromatic heterocycles. The molecule has 1 unspecified atom stereocenters. The lowest BCUT2D eigenvalue weighted by molar-refractivity contribution is -0.383. The van der Waals surface area contributed by atoms with Gasteiger partial charge in [0.15, 0.2) is 5.00 Å². The van der Waals surface area contributed by atoms with Crippen LogP contribution in [0.15, 0.2) is 6.07 Å². The van der Waals surface area contributed by atoms with Gasteiger partial charge in [-0.2, -0.15) is 0 Å². The van der Waals surface area contributed by atoms with Gasteiger partial charge in [-0.25, -0.2) is 0 Å². The summed E-state index contributed by atoms with van der Waals surface area (Å²) < 4.78 is 0. The molecule has 1 atom stereocenters. The van der Waals surface area contributed by atoms with Crippen LogP contribution in [0.1, 0.15) is 30.7 Å². The molecule has 19 heavy (non-hydrogen) atoms. The quantitative estimate of drug-likeness (QED) is 0.494. The van der Waals surface area contributed by atoms with E-state index in [2.05, 4.69) is 5.92 Å². The Balaban J connectivity index is 2.32. The highest BCUT2D eigenvalue weighted by atomic mass is 32.1. The summed E-state index contributed by atoms with van der Waals surface area (Å²) in [5.74, 6) is 3.14. The highest BCUT2D eigenvalue weighted by Crippen LogP contribution is 2.42. The van der Waals surface area contributed by atoms with E-state index in [0.29, 0.717) is 22.3 Å². The van der Waals surface area contributed by atoms with E-state index in [1.807, 2.05) is 4.90 Å². The van der Waals surface area contributed by atoms with Gasteiger partial charge in [-0.3, -0.25) is 10.1 Å². The third-order valence-corrected chi connectivity index (χ3v) is 4.42. The summed E-state index contributed by atoms with van der Waals surface area (Å²) in [5.41, 5.74) is 0.0387. The predicted octanol–water partition coefficient (Wildman–Crippen LogP) is 2.56. The molecular weight excluding hydrogens is 264 g/mol. The molecule has 0 aromatic carbocycles. The maximum Gasteiger partial charge on any atom is 0.304 e. The molecule has 1 saturated carbocycles. The second-order valence-corrected chi connectivity index (χ2v) is 5.86. The van der Waals surface area contributed by atoms with E-state index < -0.39 is 11.0 Å². The Bertz CT molecular complexity index is 514. The number of hydrogen-bond acceptors (Lipinski definition) is 5. The smallest absolute Gasteiger partial charge is 0.304 e. The van der Waals surface area contributed by atoms with Gasteiger partial charge < -0.3 is 10.0 Å². The molecule has 6 heteroatoms. The molecule has 2 rings (SSSR count). The molecule has 1 aliphatic rings. The lowest BCUT2D eigenvalue weighted by Gasteiger charge is -2.19. The fourth-order valence-corrected chi connectivity index (χ4v) is 2.97. The largest absolute Gasteiger partial charge is 0.388 e. The normalized spacial score (nSPS) is 15.8. The number of aliphatic hydroxyl groups is 1. The van der Waals surface area contributed by atoms with E-state index in [1.165, 1.54) is 17.4 Å². The molecule has 0 saturated heterocycles. The zero-order chi connectivity index (χ0) is 14.0. The van der Waals surface area contributed by atoms with Crippen LogP contribution in [0, 0.1) is 28.4 Å². The zero-order valence-electron chi connectivity index (χ0n) is 10.7. The SMILES string of the molecule is C#CCN(CC1CC1)c1sc(C(C)O)cc1[N+](=O)[O-]. The second kappa shape index (κ2) is 5.59. The fraction of sp³-hybridized carbons (Fsp3) is 0.538. The first-order valence-electron chi connectivity index (χ1n) is 6.17. The molecule has 1 aromatic rings. The Morgan fingerprint density at radius 1 is 1.74 bits per heavy atom. The summed E-state index contributed by atoms with van der Waals surface area (Å²) in [6, 6.07) is 1.45. The Morgan fingerprint density at radius 2 is 2.42 bits per heavy atom. The van der Waals surface area contributed by atoms with Gasteiger partial charge in [0, 0.05) is 17.5 Å². The Hall–Kier alpha value is -1.58. The summed E-state index contributed by atoms with van der Waals surface area (Å²) in [4.78, 5) is 13.2. The average molecular weight is 280 g/mol. The van der Waals surface area contributed by atoms with Crippen molar-refractivity contribution in [1.82, 2.24) is 0 Å². The standard InChI is InChI=1S/C13H16N2O3S/c1-3-6-14(8-10-4-5-10)13-11(15(17)18)7-12(19-13)9(2)16/h1,7,9-10,16H,4-6,8H2,2H3. The summed E-state index contributed by atoms with van der Waals surface area (Å²) >= 11 is 1.25. The van der Waals surface area contributed by atoms with Crippen molar-refractivity contribution in [2.75, 3.05) is 18.0 Å². The average Bonchev–Trinajstić information content (AvgIpc) is 3.04. The van der Waals surface area contributed by atoms with Crippen molar-refractivity contribution in [3.05, 3.63) is 21.1 Å². The Kier molecular flexibility index (Phi) is 4.08. The first-order valence-corrected chi connectivity index (χ1v) is 6.99. The summed E-state index contributed by atoms with van der Waals surface area (Å²) in [5, 5.41) is 21.3. The van der Waals surface area contributed by atoms with Crippen LogP contribution in [-0.2, 0) is 0 Å². The van der Waals surface area contributed by atoms with E-state index in [9.17, 15) is 15.2 Å². The second-order valence-electron chi connectivity index (χ2n) is 4.80. The van der Waals surface area contributed by atoms with E-state index >= 15 is 0 Å². The topological polar surface area (TPSA) is 66.6 Å². The van der Waals surface area contributed by atoms with Crippen LogP contribution in [-0.4, -0.2) is 23.1 Å². The Labute approximate surface area is 116 Å². The van der Waals surface area contributed by atoms with Crippen molar-refractivity contribution >= 4 is 22.0 Å². The summed E-state index contributed by atoms with van der Waals surface area (Å²) in [7, 11) is 0. The zero-order valence-corrected chi connectivity index (χ0v) is 11.5. The molecule has 102 valence electrons. The van der Waals surface area contributed by atoms with Crippen molar-refractivity contribution in [2.24, 2.45) is 5.92 Å². The molecule has 0 spiro atoms. The van der Waals surface area contributed by atoms with Crippen molar-refractivity contribution in [3.8, 4) is 12.3 Å². The molecule has 0 aliphatic heterocycles. The lowest BCUT2D eigenvalue weighted by atomic mass is 10.3. The number of anilines is 1. The molecule has 1 heterocycles. The number of thiophene rings is 1. The fourth-order valence-electron chi connectivity index (χ4n) is 1.89. The van der Waals surface area contributed by atoms with Gasteiger partial charge in [-0.15, -0.1) is 17.8 Å². The minimum absolute atomic E-state index is 0.0387. The van der Waals surface area contributed by atoms with Crippen molar-refractivity contribution in [1.29, 1.82) is 0 Å². The van der Waals surface area contributed by atoms with E-state index in [1.54, 1.807) is 6.92 Å². The van der Waals surface area contributed by atoms with Gasteiger partial charge in [-0.1, -0.05) is 5.92 Å². The third-order valence-electron chi connectivity index (χ3n) is 3.07. The monoisotopic (exact) mass is 280 g/mol. The molecule has 1 N–H and O–H groups in total. The molecule has 5 nitrogen and oxygen atoms in total. The van der Waals surface area contributed by atoms with Crippen LogP contribution in [0.4, 0.5) is 10.7 Å². The predicted molar refractivity (Wildman–Crippen MR) is 75.4 cm³/mol. The van der Waals surface area contributed by atoms with Gasteiger partial charge in [-0.05, 0) is 25.7 Å². The van der Waals surface area contributed by atoms with Crippen molar-refractivity contribution < 1.29 is 10.0 Å². The first-order chi connectivity index (χ1) is 9.02. The molecular formula is C13H16N2O3S. The van der Waals surface area contributed by atoms with Crippen molar-refractivity contribution in [3.63, 3.8) is 0 Å². The van der Waals surface area contributed by atoms with Crippen LogP contribution < -0.4 is 4.90 Å². The number of hydrogen-bond donors (Lipinski definition) is 1. The number of terminal acetylenes is 1.